The van der Waals surface area contributed by atoms with Gasteiger partial charge in [0.05, 0.1) is 12.2 Å². The van der Waals surface area contributed by atoms with Gasteiger partial charge in [-0.25, -0.2) is 21.6 Å². The Kier molecular flexibility index (Phi) is 4.53. The number of carbonyl (C=O) groups excluding carboxylic acids is 1. The number of sulfonamides is 1. The van der Waals surface area contributed by atoms with Gasteiger partial charge in [-0.15, -0.1) is 0 Å². The molecule has 2 aromatic carbocycles. The van der Waals surface area contributed by atoms with Crippen LogP contribution in [0, 0.1) is 17.5 Å². The van der Waals surface area contributed by atoms with Crippen molar-refractivity contribution in [3.05, 3.63) is 53.8 Å². The second-order valence-electron chi connectivity index (χ2n) is 5.40. The van der Waals surface area contributed by atoms with Crippen LogP contribution in [-0.4, -0.2) is 34.0 Å². The molecule has 1 heterocycles. The van der Waals surface area contributed by atoms with E-state index in [2.05, 4.69) is 5.32 Å². The van der Waals surface area contributed by atoms with Crippen molar-refractivity contribution in [2.75, 3.05) is 17.9 Å². The molecule has 1 amide bonds. The molecule has 1 aliphatic heterocycles. The van der Waals surface area contributed by atoms with Crippen LogP contribution in [0.5, 0.6) is 5.75 Å². The van der Waals surface area contributed by atoms with Crippen LogP contribution in [0.15, 0.2) is 41.3 Å². The average molecular weight is 386 g/mol. The Morgan fingerprint density at radius 1 is 1.15 bits per heavy atom. The van der Waals surface area contributed by atoms with Gasteiger partial charge in [0.1, 0.15) is 10.6 Å². The van der Waals surface area contributed by atoms with Gasteiger partial charge in [0.15, 0.2) is 23.6 Å². The van der Waals surface area contributed by atoms with Gasteiger partial charge in [-0.05, 0) is 24.3 Å². The van der Waals surface area contributed by atoms with E-state index in [1.165, 1.54) is 25.2 Å². The minimum atomic E-state index is -4.63. The normalized spacial score (nSPS) is 16.6. The largest absolute Gasteiger partial charge is 0.476 e. The maximum atomic E-state index is 14.1. The number of nitrogens with one attached hydrogen (secondary N) is 1. The minimum Gasteiger partial charge on any atom is -0.476 e. The minimum absolute atomic E-state index is 0.0526. The lowest BCUT2D eigenvalue weighted by Crippen LogP contribution is -2.50. The van der Waals surface area contributed by atoms with Crippen molar-refractivity contribution in [2.45, 2.75) is 11.0 Å². The third-order valence-corrected chi connectivity index (χ3v) is 5.64. The number of rotatable bonds is 3. The number of ether oxygens (including phenoxy) is 1. The monoisotopic (exact) mass is 386 g/mol. The van der Waals surface area contributed by atoms with Crippen molar-refractivity contribution < 1.29 is 31.1 Å². The van der Waals surface area contributed by atoms with Crippen molar-refractivity contribution >= 4 is 21.6 Å². The molecule has 0 bridgehead atoms. The lowest BCUT2D eigenvalue weighted by atomic mass is 10.2. The van der Waals surface area contributed by atoms with Crippen LogP contribution in [0.3, 0.4) is 0 Å². The number of hydrogen-bond donors (Lipinski definition) is 1. The van der Waals surface area contributed by atoms with Gasteiger partial charge in [-0.2, -0.15) is 0 Å². The summed E-state index contributed by atoms with van der Waals surface area (Å²) in [5.74, 6) is -5.74. The molecule has 0 aromatic heterocycles. The van der Waals surface area contributed by atoms with Gasteiger partial charge in [0, 0.05) is 7.05 Å². The van der Waals surface area contributed by atoms with Gasteiger partial charge >= 0.3 is 0 Å². The summed E-state index contributed by atoms with van der Waals surface area (Å²) in [4.78, 5) is 10.9. The van der Waals surface area contributed by atoms with Gasteiger partial charge < -0.3 is 10.1 Å². The summed E-state index contributed by atoms with van der Waals surface area (Å²) in [7, 11) is -3.28. The SMILES string of the molecule is CNC(=O)C1CN(S(=O)(=O)c2ccc(F)c(F)c2F)c2ccccc2O1. The number of halogens is 3. The fourth-order valence-electron chi connectivity index (χ4n) is 2.55. The molecule has 0 aliphatic carbocycles. The molecule has 26 heavy (non-hydrogen) atoms. The highest BCUT2D eigenvalue weighted by molar-refractivity contribution is 7.92. The highest BCUT2D eigenvalue weighted by Crippen LogP contribution is 2.37. The number of anilines is 1. The summed E-state index contributed by atoms with van der Waals surface area (Å²) in [5, 5.41) is 2.34. The van der Waals surface area contributed by atoms with Crippen LogP contribution in [0.4, 0.5) is 18.9 Å². The molecule has 0 saturated heterocycles. The second-order valence-corrected chi connectivity index (χ2v) is 7.23. The lowest BCUT2D eigenvalue weighted by Gasteiger charge is -2.34. The van der Waals surface area contributed by atoms with E-state index >= 15 is 0 Å². The highest BCUT2D eigenvalue weighted by atomic mass is 32.2. The molecule has 0 radical (unpaired) electrons. The van der Waals surface area contributed by atoms with Crippen molar-refractivity contribution in [1.29, 1.82) is 0 Å². The van der Waals surface area contributed by atoms with E-state index in [9.17, 15) is 26.4 Å². The summed E-state index contributed by atoms with van der Waals surface area (Å²) in [6, 6.07) is 7.07. The van der Waals surface area contributed by atoms with E-state index in [-0.39, 0.29) is 11.4 Å². The standard InChI is InChI=1S/C16H13F3N2O4S/c1-20-16(22)12-8-21(10-4-2-3-5-11(10)25-12)26(23,24)13-7-6-9(17)14(18)15(13)19/h2-7,12H,8H2,1H3,(H,20,22). The van der Waals surface area contributed by atoms with Gasteiger partial charge in [0.25, 0.3) is 15.9 Å². The Labute approximate surface area is 147 Å². The average Bonchev–Trinajstić information content (AvgIpc) is 2.64. The second kappa shape index (κ2) is 6.52. The number of benzene rings is 2. The predicted molar refractivity (Wildman–Crippen MR) is 85.8 cm³/mol. The first-order valence-corrected chi connectivity index (χ1v) is 8.85. The molecular formula is C16H13F3N2O4S. The van der Waals surface area contributed by atoms with Crippen LogP contribution >= 0.6 is 0 Å². The van der Waals surface area contributed by atoms with Crippen molar-refractivity contribution in [3.63, 3.8) is 0 Å². The molecule has 10 heteroatoms. The lowest BCUT2D eigenvalue weighted by molar-refractivity contribution is -0.127. The summed E-state index contributed by atoms with van der Waals surface area (Å²) < 4.78 is 72.8. The van der Waals surface area contributed by atoms with Crippen LogP contribution in [0.2, 0.25) is 0 Å². The first-order valence-electron chi connectivity index (χ1n) is 7.41. The third-order valence-electron chi connectivity index (χ3n) is 3.84. The Morgan fingerprint density at radius 3 is 2.54 bits per heavy atom. The zero-order valence-electron chi connectivity index (χ0n) is 13.4. The fraction of sp³-hybridized carbons (Fsp3) is 0.188. The highest BCUT2D eigenvalue weighted by Gasteiger charge is 2.39. The Bertz CT molecular complexity index is 981. The molecule has 6 nitrogen and oxygen atoms in total. The molecule has 2 aromatic rings. The number of para-hydroxylation sites is 2. The number of fused-ring (bicyclic) bond motifs is 1. The number of amides is 1. The Morgan fingerprint density at radius 2 is 1.85 bits per heavy atom. The Hall–Kier alpha value is -2.75. The summed E-state index contributed by atoms with van der Waals surface area (Å²) in [6.07, 6.45) is -1.20. The number of nitrogens with zero attached hydrogens (tertiary/aromatic N) is 1. The van der Waals surface area contributed by atoms with Gasteiger partial charge in [-0.1, -0.05) is 12.1 Å². The Balaban J connectivity index is 2.14. The first kappa shape index (κ1) is 18.1. The van der Waals surface area contributed by atoms with Crippen LogP contribution in [0.1, 0.15) is 0 Å². The molecule has 1 aliphatic rings. The van der Waals surface area contributed by atoms with E-state index in [1.807, 2.05) is 0 Å². The van der Waals surface area contributed by atoms with Gasteiger partial charge in [-0.3, -0.25) is 9.10 Å². The quantitative estimate of drug-likeness (QED) is 0.817. The van der Waals surface area contributed by atoms with Crippen LogP contribution < -0.4 is 14.4 Å². The summed E-state index contributed by atoms with van der Waals surface area (Å²) >= 11 is 0. The van der Waals surface area contributed by atoms with Crippen LogP contribution in [-0.2, 0) is 14.8 Å². The van der Waals surface area contributed by atoms with E-state index in [0.717, 1.165) is 4.31 Å². The molecule has 1 unspecified atom stereocenters. The fourth-order valence-corrected chi connectivity index (χ4v) is 4.09. The summed E-state index contributed by atoms with van der Waals surface area (Å²) in [6.45, 7) is -0.461. The van der Waals surface area contributed by atoms with E-state index < -0.39 is 50.9 Å². The van der Waals surface area contributed by atoms with Crippen molar-refractivity contribution in [2.24, 2.45) is 0 Å². The molecule has 138 valence electrons. The van der Waals surface area contributed by atoms with Crippen molar-refractivity contribution in [3.8, 4) is 5.75 Å². The number of hydrogen-bond acceptors (Lipinski definition) is 4. The number of likely N-dealkylation sites (N-methyl/N-ethyl adjacent to an activating group) is 1. The molecule has 0 fully saturated rings. The van der Waals surface area contributed by atoms with Crippen molar-refractivity contribution in [1.82, 2.24) is 5.32 Å². The zero-order valence-corrected chi connectivity index (χ0v) is 14.2. The topological polar surface area (TPSA) is 75.7 Å². The predicted octanol–water partition coefficient (Wildman–Crippen LogP) is 1.81. The zero-order chi connectivity index (χ0) is 19.1. The number of carbonyl (C=O) groups is 1. The smallest absolute Gasteiger partial charge is 0.267 e. The third kappa shape index (κ3) is 2.85. The molecule has 0 spiro atoms. The van der Waals surface area contributed by atoms with Gasteiger partial charge in [0.2, 0.25) is 0 Å². The van der Waals surface area contributed by atoms with E-state index in [1.54, 1.807) is 6.07 Å². The summed E-state index contributed by atoms with van der Waals surface area (Å²) in [5.41, 5.74) is 0.0526. The van der Waals surface area contributed by atoms with Crippen LogP contribution in [0.25, 0.3) is 0 Å². The maximum absolute atomic E-state index is 14.1. The van der Waals surface area contributed by atoms with E-state index in [4.69, 9.17) is 4.74 Å². The maximum Gasteiger partial charge on any atom is 0.267 e. The molecule has 1 atom stereocenters. The molecule has 1 N–H and O–H groups in total. The molecule has 3 rings (SSSR count). The molecule has 0 saturated carbocycles. The molecular weight excluding hydrogens is 373 g/mol. The van der Waals surface area contributed by atoms with E-state index in [0.29, 0.717) is 12.1 Å². The first-order chi connectivity index (χ1) is 12.3.